The van der Waals surface area contributed by atoms with Gasteiger partial charge >= 0.3 is 0 Å². The van der Waals surface area contributed by atoms with Gasteiger partial charge in [0.05, 0.1) is 17.8 Å². The zero-order chi connectivity index (χ0) is 13.1. The van der Waals surface area contributed by atoms with Gasteiger partial charge in [-0.25, -0.2) is 9.97 Å². The summed E-state index contributed by atoms with van der Waals surface area (Å²) < 4.78 is 0. The normalized spacial score (nSPS) is 10.6. The highest BCUT2D eigenvalue weighted by Gasteiger charge is 2.02. The Balaban J connectivity index is 1.89. The molecule has 0 unspecified atom stereocenters. The van der Waals surface area contributed by atoms with E-state index in [0.29, 0.717) is 11.6 Å². The monoisotopic (exact) mass is 270 g/mol. The maximum absolute atomic E-state index is 5.97. The Labute approximate surface area is 115 Å². The summed E-state index contributed by atoms with van der Waals surface area (Å²) in [5, 5.41) is 5.08. The first-order valence-corrected chi connectivity index (χ1v) is 6.24. The van der Waals surface area contributed by atoms with E-state index in [-0.39, 0.29) is 0 Å². The van der Waals surface area contributed by atoms with Gasteiger partial charge in [0.2, 0.25) is 0 Å². The van der Waals surface area contributed by atoms with Gasteiger partial charge in [0.1, 0.15) is 6.33 Å². The minimum absolute atomic E-state index is 0.643. The van der Waals surface area contributed by atoms with E-state index in [9.17, 15) is 0 Å². The van der Waals surface area contributed by atoms with E-state index in [0.717, 1.165) is 22.3 Å². The lowest BCUT2D eigenvalue weighted by molar-refractivity contribution is 1.01. The summed E-state index contributed by atoms with van der Waals surface area (Å²) in [6.45, 7) is 0.643. The van der Waals surface area contributed by atoms with Crippen molar-refractivity contribution in [2.75, 3.05) is 5.32 Å². The number of nitrogens with one attached hydrogen (secondary N) is 1. The minimum Gasteiger partial charge on any atom is -0.379 e. The lowest BCUT2D eigenvalue weighted by Gasteiger charge is -2.09. The van der Waals surface area contributed by atoms with Crippen LogP contribution in [0.25, 0.3) is 10.9 Å². The Morgan fingerprint density at radius 3 is 2.84 bits per heavy atom. The number of benzene rings is 1. The van der Waals surface area contributed by atoms with Crippen LogP contribution in [0.3, 0.4) is 0 Å². The molecule has 0 amide bonds. The molecular formula is C14H11ClN4. The third-order valence-corrected chi connectivity index (χ3v) is 3.04. The topological polar surface area (TPSA) is 50.7 Å². The number of fused-ring (bicyclic) bond motifs is 1. The lowest BCUT2D eigenvalue weighted by atomic mass is 10.2. The molecule has 1 aromatic carbocycles. The number of rotatable bonds is 3. The molecular weight excluding hydrogens is 260 g/mol. The van der Waals surface area contributed by atoms with E-state index in [1.54, 1.807) is 18.7 Å². The molecule has 0 saturated heterocycles. The molecule has 5 heteroatoms. The van der Waals surface area contributed by atoms with E-state index in [4.69, 9.17) is 11.6 Å². The van der Waals surface area contributed by atoms with E-state index in [1.165, 1.54) is 0 Å². The molecule has 0 radical (unpaired) electrons. The molecule has 3 rings (SSSR count). The summed E-state index contributed by atoms with van der Waals surface area (Å²) in [5.74, 6) is 0. The van der Waals surface area contributed by atoms with Crippen molar-refractivity contribution in [3.63, 3.8) is 0 Å². The molecule has 4 nitrogen and oxygen atoms in total. The molecule has 1 N–H and O–H groups in total. The zero-order valence-corrected chi connectivity index (χ0v) is 10.8. The number of halogens is 1. The number of aromatic nitrogens is 3. The van der Waals surface area contributed by atoms with Gasteiger partial charge in [0.25, 0.3) is 0 Å². The maximum atomic E-state index is 5.97. The highest BCUT2D eigenvalue weighted by Crippen LogP contribution is 2.24. The molecule has 2 heterocycles. The summed E-state index contributed by atoms with van der Waals surface area (Å²) in [5.41, 5.74) is 2.83. The second kappa shape index (κ2) is 5.20. The van der Waals surface area contributed by atoms with Crippen LogP contribution in [0.5, 0.6) is 0 Å². The van der Waals surface area contributed by atoms with Gasteiger partial charge in [-0.2, -0.15) is 0 Å². The fourth-order valence-electron chi connectivity index (χ4n) is 1.88. The van der Waals surface area contributed by atoms with Crippen LogP contribution in [0, 0.1) is 0 Å². The Bertz CT molecular complexity index is 700. The van der Waals surface area contributed by atoms with Crippen LogP contribution in [-0.2, 0) is 6.54 Å². The van der Waals surface area contributed by atoms with E-state index >= 15 is 0 Å². The number of anilines is 1. The van der Waals surface area contributed by atoms with Crippen molar-refractivity contribution in [1.82, 2.24) is 15.0 Å². The number of hydrogen-bond acceptors (Lipinski definition) is 4. The highest BCUT2D eigenvalue weighted by atomic mass is 35.5. The van der Waals surface area contributed by atoms with Gasteiger partial charge in [-0.1, -0.05) is 11.6 Å². The molecule has 3 aromatic rings. The third-order valence-electron chi connectivity index (χ3n) is 2.81. The van der Waals surface area contributed by atoms with Gasteiger partial charge in [-0.15, -0.1) is 0 Å². The van der Waals surface area contributed by atoms with Crippen LogP contribution in [0.2, 0.25) is 5.02 Å². The Kier molecular flexibility index (Phi) is 3.25. The molecule has 94 valence electrons. The van der Waals surface area contributed by atoms with Crippen molar-refractivity contribution in [3.05, 3.63) is 59.8 Å². The molecule has 19 heavy (non-hydrogen) atoms. The predicted octanol–water partition coefficient (Wildman–Crippen LogP) is 3.29. The van der Waals surface area contributed by atoms with E-state index < -0.39 is 0 Å². The molecule has 0 fully saturated rings. The van der Waals surface area contributed by atoms with Crippen molar-refractivity contribution in [2.45, 2.75) is 6.54 Å². The average Bonchev–Trinajstić information content (AvgIpc) is 2.45. The summed E-state index contributed by atoms with van der Waals surface area (Å²) >= 11 is 5.97. The number of nitrogens with zero attached hydrogens (tertiary/aromatic N) is 3. The summed E-state index contributed by atoms with van der Waals surface area (Å²) in [6, 6.07) is 9.51. The van der Waals surface area contributed by atoms with Gasteiger partial charge in [0.15, 0.2) is 0 Å². The second-order valence-electron chi connectivity index (χ2n) is 4.07. The minimum atomic E-state index is 0.643. The third kappa shape index (κ3) is 2.63. The largest absolute Gasteiger partial charge is 0.379 e. The molecule has 0 aliphatic heterocycles. The fourth-order valence-corrected chi connectivity index (χ4v) is 2.05. The maximum Gasteiger partial charge on any atom is 0.115 e. The van der Waals surface area contributed by atoms with Gasteiger partial charge in [0, 0.05) is 28.5 Å². The molecule has 2 aromatic heterocycles. The SMILES string of the molecule is Clc1ccc2c(NCc3ccncn3)ccnc2c1. The Morgan fingerprint density at radius 2 is 2.00 bits per heavy atom. The molecule has 0 saturated carbocycles. The van der Waals surface area contributed by atoms with Crippen LogP contribution in [0.1, 0.15) is 5.69 Å². The molecule has 0 aliphatic rings. The van der Waals surface area contributed by atoms with Crippen LogP contribution in [0.4, 0.5) is 5.69 Å². The first kappa shape index (κ1) is 11.9. The molecule has 0 spiro atoms. The number of pyridine rings is 1. The molecule has 0 aliphatic carbocycles. The van der Waals surface area contributed by atoms with Crippen molar-refractivity contribution in [3.8, 4) is 0 Å². The van der Waals surface area contributed by atoms with Gasteiger partial charge in [-0.05, 0) is 30.3 Å². The lowest BCUT2D eigenvalue weighted by Crippen LogP contribution is -2.02. The number of hydrogen-bond donors (Lipinski definition) is 1. The summed E-state index contributed by atoms with van der Waals surface area (Å²) in [6.07, 6.45) is 5.04. The first-order chi connectivity index (χ1) is 9.33. The van der Waals surface area contributed by atoms with Crippen molar-refractivity contribution < 1.29 is 0 Å². The van der Waals surface area contributed by atoms with Crippen molar-refractivity contribution in [2.24, 2.45) is 0 Å². The predicted molar refractivity (Wildman–Crippen MR) is 76.1 cm³/mol. The Morgan fingerprint density at radius 1 is 1.05 bits per heavy atom. The second-order valence-corrected chi connectivity index (χ2v) is 4.51. The van der Waals surface area contributed by atoms with E-state index in [1.807, 2.05) is 30.3 Å². The zero-order valence-electron chi connectivity index (χ0n) is 10.0. The molecule has 0 bridgehead atoms. The van der Waals surface area contributed by atoms with Crippen molar-refractivity contribution >= 4 is 28.2 Å². The van der Waals surface area contributed by atoms with Gasteiger partial charge < -0.3 is 5.32 Å². The molecule has 0 atom stereocenters. The van der Waals surface area contributed by atoms with Crippen LogP contribution >= 0.6 is 11.6 Å². The summed E-state index contributed by atoms with van der Waals surface area (Å²) in [4.78, 5) is 12.4. The first-order valence-electron chi connectivity index (χ1n) is 5.86. The smallest absolute Gasteiger partial charge is 0.115 e. The standard InChI is InChI=1S/C14H11ClN4/c15-10-1-2-12-13(4-6-17-14(12)7-10)18-8-11-3-5-16-9-19-11/h1-7,9H,8H2,(H,17,18). The van der Waals surface area contributed by atoms with E-state index in [2.05, 4.69) is 20.3 Å². The van der Waals surface area contributed by atoms with Crippen molar-refractivity contribution in [1.29, 1.82) is 0 Å². The Hall–Kier alpha value is -2.20. The van der Waals surface area contributed by atoms with Gasteiger partial charge in [-0.3, -0.25) is 4.98 Å². The van der Waals surface area contributed by atoms with Crippen LogP contribution in [0.15, 0.2) is 49.1 Å². The summed E-state index contributed by atoms with van der Waals surface area (Å²) in [7, 11) is 0. The highest BCUT2D eigenvalue weighted by molar-refractivity contribution is 6.31. The van der Waals surface area contributed by atoms with Crippen LogP contribution < -0.4 is 5.32 Å². The van der Waals surface area contributed by atoms with Crippen LogP contribution in [-0.4, -0.2) is 15.0 Å². The average molecular weight is 271 g/mol. The fraction of sp³-hybridized carbons (Fsp3) is 0.0714. The quantitative estimate of drug-likeness (QED) is 0.793.